The number of aromatic nitrogens is 1. The molecule has 0 saturated heterocycles. The number of rotatable bonds is 5. The number of allylic oxidation sites excluding steroid dienone is 4. The SMILES string of the molecule is C=C(C)c1c(C)nc(/C(C)=C\C)c(C(=C)C)c1-c1ccc(C)cc1OC. The number of methoxy groups -OCH3 is 1. The van der Waals surface area contributed by atoms with Crippen molar-refractivity contribution in [3.63, 3.8) is 0 Å². The highest BCUT2D eigenvalue weighted by Gasteiger charge is 2.23. The van der Waals surface area contributed by atoms with Crippen molar-refractivity contribution in [2.24, 2.45) is 0 Å². The van der Waals surface area contributed by atoms with E-state index in [1.165, 1.54) is 0 Å². The number of benzene rings is 1. The van der Waals surface area contributed by atoms with Crippen molar-refractivity contribution in [2.45, 2.75) is 41.5 Å². The van der Waals surface area contributed by atoms with Crippen LogP contribution in [0.4, 0.5) is 0 Å². The molecule has 0 aliphatic carbocycles. The average molecular weight is 348 g/mol. The number of hydrogen-bond acceptors (Lipinski definition) is 2. The monoisotopic (exact) mass is 347 g/mol. The molecule has 0 unspecified atom stereocenters. The zero-order chi connectivity index (χ0) is 19.6. The molecule has 2 nitrogen and oxygen atoms in total. The number of hydrogen-bond donors (Lipinski definition) is 0. The van der Waals surface area contributed by atoms with Gasteiger partial charge >= 0.3 is 0 Å². The third kappa shape index (κ3) is 3.50. The normalized spacial score (nSPS) is 11.4. The van der Waals surface area contributed by atoms with Gasteiger partial charge in [0.1, 0.15) is 5.75 Å². The van der Waals surface area contributed by atoms with Crippen molar-refractivity contribution in [1.82, 2.24) is 4.98 Å². The van der Waals surface area contributed by atoms with Gasteiger partial charge in [0.15, 0.2) is 0 Å². The summed E-state index contributed by atoms with van der Waals surface area (Å²) in [6, 6.07) is 6.30. The van der Waals surface area contributed by atoms with Gasteiger partial charge in [-0.1, -0.05) is 31.4 Å². The second-order valence-corrected chi connectivity index (χ2v) is 6.91. The fourth-order valence-corrected chi connectivity index (χ4v) is 3.34. The number of nitrogens with zero attached hydrogens (tertiary/aromatic N) is 1. The number of ether oxygens (including phenoxy) is 1. The summed E-state index contributed by atoms with van der Waals surface area (Å²) in [5.41, 5.74) is 10.5. The first kappa shape index (κ1) is 19.7. The molecule has 0 spiro atoms. The average Bonchev–Trinajstić information content (AvgIpc) is 2.59. The van der Waals surface area contributed by atoms with E-state index >= 15 is 0 Å². The largest absolute Gasteiger partial charge is 0.496 e. The second-order valence-electron chi connectivity index (χ2n) is 6.91. The molecule has 0 saturated carbocycles. The lowest BCUT2D eigenvalue weighted by atomic mass is 9.85. The number of pyridine rings is 1. The molecule has 2 heteroatoms. The van der Waals surface area contributed by atoms with Crippen LogP contribution in [-0.4, -0.2) is 12.1 Å². The Hall–Kier alpha value is -2.61. The van der Waals surface area contributed by atoms with Crippen molar-refractivity contribution in [3.8, 4) is 16.9 Å². The van der Waals surface area contributed by atoms with Crippen LogP contribution in [0, 0.1) is 13.8 Å². The molecule has 26 heavy (non-hydrogen) atoms. The molecule has 0 bridgehead atoms. The molecule has 1 heterocycles. The van der Waals surface area contributed by atoms with Gasteiger partial charge in [-0.15, -0.1) is 0 Å². The highest BCUT2D eigenvalue weighted by molar-refractivity contribution is 5.95. The van der Waals surface area contributed by atoms with Gasteiger partial charge < -0.3 is 4.74 Å². The molecular formula is C24H29NO. The molecule has 2 aromatic rings. The van der Waals surface area contributed by atoms with Crippen LogP contribution in [0.3, 0.4) is 0 Å². The van der Waals surface area contributed by atoms with Gasteiger partial charge in [-0.3, -0.25) is 4.98 Å². The quantitative estimate of drug-likeness (QED) is 0.589. The summed E-state index contributed by atoms with van der Waals surface area (Å²) < 4.78 is 5.72. The van der Waals surface area contributed by atoms with Gasteiger partial charge in [-0.05, 0) is 69.9 Å². The fraction of sp³-hybridized carbons (Fsp3) is 0.292. The lowest BCUT2D eigenvalue weighted by molar-refractivity contribution is 0.416. The van der Waals surface area contributed by atoms with Crippen molar-refractivity contribution in [3.05, 3.63) is 65.5 Å². The van der Waals surface area contributed by atoms with E-state index in [1.807, 2.05) is 27.7 Å². The minimum absolute atomic E-state index is 0.852. The molecule has 0 N–H and O–H groups in total. The zero-order valence-electron chi connectivity index (χ0n) is 17.1. The van der Waals surface area contributed by atoms with E-state index in [-0.39, 0.29) is 0 Å². The van der Waals surface area contributed by atoms with Gasteiger partial charge in [0, 0.05) is 27.9 Å². The van der Waals surface area contributed by atoms with Crippen molar-refractivity contribution in [1.29, 1.82) is 0 Å². The zero-order valence-corrected chi connectivity index (χ0v) is 17.1. The van der Waals surface area contributed by atoms with Crippen LogP contribution in [0.1, 0.15) is 55.8 Å². The first-order chi connectivity index (χ1) is 12.2. The van der Waals surface area contributed by atoms with Crippen LogP contribution in [-0.2, 0) is 0 Å². The highest BCUT2D eigenvalue weighted by atomic mass is 16.5. The van der Waals surface area contributed by atoms with Gasteiger partial charge in [0.25, 0.3) is 0 Å². The third-order valence-corrected chi connectivity index (χ3v) is 4.66. The third-order valence-electron chi connectivity index (χ3n) is 4.66. The van der Waals surface area contributed by atoms with Crippen LogP contribution in [0.15, 0.2) is 37.4 Å². The first-order valence-corrected chi connectivity index (χ1v) is 8.87. The minimum Gasteiger partial charge on any atom is -0.496 e. The van der Waals surface area contributed by atoms with E-state index in [9.17, 15) is 0 Å². The van der Waals surface area contributed by atoms with Gasteiger partial charge in [-0.2, -0.15) is 0 Å². The summed E-state index contributed by atoms with van der Waals surface area (Å²) in [6.07, 6.45) is 2.09. The standard InChI is InChI=1S/C24H29NO/c1-10-17(7)24-22(15(4)5)23(21(14(2)3)18(8)25-24)19-12-11-16(6)13-20(19)26-9/h10-13H,2,4H2,1,3,5-9H3/b17-10-. The van der Waals surface area contributed by atoms with E-state index in [0.29, 0.717) is 0 Å². The Balaban J connectivity index is 3.10. The topological polar surface area (TPSA) is 22.1 Å². The summed E-state index contributed by atoms with van der Waals surface area (Å²) in [4.78, 5) is 4.91. The molecule has 1 aromatic carbocycles. The predicted molar refractivity (Wildman–Crippen MR) is 114 cm³/mol. The summed E-state index contributed by atoms with van der Waals surface area (Å²) >= 11 is 0. The Labute approximate surface area is 157 Å². The molecule has 0 radical (unpaired) electrons. The molecule has 1 aromatic heterocycles. The highest BCUT2D eigenvalue weighted by Crippen LogP contribution is 2.43. The Morgan fingerprint density at radius 2 is 1.65 bits per heavy atom. The summed E-state index contributed by atoms with van der Waals surface area (Å²) in [5, 5.41) is 0. The van der Waals surface area contributed by atoms with E-state index in [4.69, 9.17) is 9.72 Å². The smallest absolute Gasteiger partial charge is 0.126 e. The summed E-state index contributed by atoms with van der Waals surface area (Å²) in [7, 11) is 1.71. The lowest BCUT2D eigenvalue weighted by Gasteiger charge is -2.23. The van der Waals surface area contributed by atoms with Crippen molar-refractivity contribution < 1.29 is 4.74 Å². The second kappa shape index (κ2) is 7.74. The van der Waals surface area contributed by atoms with E-state index in [2.05, 4.69) is 51.3 Å². The molecule has 2 rings (SSSR count). The molecule has 0 atom stereocenters. The number of aryl methyl sites for hydroxylation is 2. The maximum absolute atomic E-state index is 5.72. The molecule has 0 aliphatic rings. The van der Waals surface area contributed by atoms with E-state index < -0.39 is 0 Å². The molecule has 0 amide bonds. The van der Waals surface area contributed by atoms with Gasteiger partial charge in [0.2, 0.25) is 0 Å². The van der Waals surface area contributed by atoms with Crippen LogP contribution < -0.4 is 4.74 Å². The van der Waals surface area contributed by atoms with Crippen molar-refractivity contribution >= 4 is 16.7 Å². The lowest BCUT2D eigenvalue weighted by Crippen LogP contribution is -2.06. The van der Waals surface area contributed by atoms with Crippen LogP contribution in [0.5, 0.6) is 5.75 Å². The summed E-state index contributed by atoms with van der Waals surface area (Å²) in [5.74, 6) is 0.852. The van der Waals surface area contributed by atoms with Crippen LogP contribution >= 0.6 is 0 Å². The molecule has 0 aliphatic heterocycles. The predicted octanol–water partition coefficient (Wildman–Crippen LogP) is 6.86. The maximum Gasteiger partial charge on any atom is 0.126 e. The Morgan fingerprint density at radius 3 is 2.15 bits per heavy atom. The van der Waals surface area contributed by atoms with E-state index in [1.54, 1.807) is 7.11 Å². The first-order valence-electron chi connectivity index (χ1n) is 8.87. The Bertz CT molecular complexity index is 916. The van der Waals surface area contributed by atoms with Gasteiger partial charge in [0.05, 0.1) is 12.8 Å². The van der Waals surface area contributed by atoms with E-state index in [0.717, 1.165) is 61.7 Å². The van der Waals surface area contributed by atoms with Gasteiger partial charge in [-0.25, -0.2) is 0 Å². The molecule has 136 valence electrons. The minimum atomic E-state index is 0.852. The molecular weight excluding hydrogens is 318 g/mol. The molecule has 0 fully saturated rings. The van der Waals surface area contributed by atoms with Crippen LogP contribution in [0.25, 0.3) is 27.8 Å². The Morgan fingerprint density at radius 1 is 1.04 bits per heavy atom. The summed E-state index contributed by atoms with van der Waals surface area (Å²) in [6.45, 7) is 20.8. The van der Waals surface area contributed by atoms with Crippen molar-refractivity contribution in [2.75, 3.05) is 7.11 Å². The maximum atomic E-state index is 5.72. The van der Waals surface area contributed by atoms with Crippen LogP contribution in [0.2, 0.25) is 0 Å². The Kier molecular flexibility index (Phi) is 5.86. The fourth-order valence-electron chi connectivity index (χ4n) is 3.34.